The van der Waals surface area contributed by atoms with Crippen LogP contribution in [0, 0.1) is 10.1 Å². The molecule has 2 rings (SSSR count). The highest BCUT2D eigenvalue weighted by molar-refractivity contribution is 6.05. The van der Waals surface area contributed by atoms with Gasteiger partial charge >= 0.3 is 0 Å². The largest absolute Gasteiger partial charge is 0.305 e. The second-order valence-corrected chi connectivity index (χ2v) is 3.90. The maximum atomic E-state index is 11.9. The number of hydrogen-bond acceptors (Lipinski definition) is 7. The van der Waals surface area contributed by atoms with E-state index in [1.54, 1.807) is 0 Å². The van der Waals surface area contributed by atoms with E-state index in [-0.39, 0.29) is 22.9 Å². The Morgan fingerprint density at radius 3 is 2.24 bits per heavy atom. The summed E-state index contributed by atoms with van der Waals surface area (Å²) in [5, 5.41) is 22.1. The number of nitrogens with one attached hydrogen (secondary N) is 2. The Hall–Kier alpha value is -3.30. The maximum absolute atomic E-state index is 11.9. The predicted molar refractivity (Wildman–Crippen MR) is 69.7 cm³/mol. The minimum Gasteiger partial charge on any atom is -0.305 e. The summed E-state index contributed by atoms with van der Waals surface area (Å²) >= 11 is 0. The van der Waals surface area contributed by atoms with Gasteiger partial charge < -0.3 is 10.6 Å². The number of nitrogens with zero attached hydrogens (tertiary/aromatic N) is 3. The van der Waals surface area contributed by atoms with E-state index in [2.05, 4.69) is 25.6 Å². The summed E-state index contributed by atoms with van der Waals surface area (Å²) in [4.78, 5) is 32.8. The molecule has 1 aromatic heterocycles. The van der Waals surface area contributed by atoms with Gasteiger partial charge in [0, 0.05) is 24.6 Å². The average Bonchev–Trinajstić information content (AvgIpc) is 2.85. The molecule has 0 fully saturated rings. The first kappa shape index (κ1) is 14.1. The lowest BCUT2D eigenvalue weighted by Gasteiger charge is -2.03. The SMILES string of the molecule is CC(=O)Nc1nonc1NC(=O)c1ccc([N+](=O)[O-])cc1. The summed E-state index contributed by atoms with van der Waals surface area (Å²) in [6, 6.07) is 4.98. The number of nitro benzene ring substituents is 1. The molecule has 2 aromatic rings. The number of amides is 2. The van der Waals surface area contributed by atoms with Crippen LogP contribution in [-0.4, -0.2) is 27.1 Å². The van der Waals surface area contributed by atoms with Crippen LogP contribution in [0.25, 0.3) is 0 Å². The highest BCUT2D eigenvalue weighted by atomic mass is 16.6. The molecule has 0 aliphatic heterocycles. The van der Waals surface area contributed by atoms with Crippen molar-refractivity contribution in [2.45, 2.75) is 6.92 Å². The van der Waals surface area contributed by atoms with Crippen LogP contribution in [0.4, 0.5) is 17.3 Å². The molecule has 0 saturated heterocycles. The Balaban J connectivity index is 2.12. The van der Waals surface area contributed by atoms with Crippen LogP contribution in [0.15, 0.2) is 28.9 Å². The van der Waals surface area contributed by atoms with Crippen LogP contribution >= 0.6 is 0 Å². The van der Waals surface area contributed by atoms with Gasteiger partial charge in [0.15, 0.2) is 0 Å². The van der Waals surface area contributed by atoms with Crippen molar-refractivity contribution in [3.63, 3.8) is 0 Å². The standard InChI is InChI=1S/C11H9N5O5/c1-6(17)12-9-10(15-21-14-9)13-11(18)7-2-4-8(5-3-7)16(19)20/h2-5H,1H3,(H,12,14,17)(H,13,15,18). The van der Waals surface area contributed by atoms with Gasteiger partial charge in [-0.15, -0.1) is 0 Å². The second-order valence-electron chi connectivity index (χ2n) is 3.90. The van der Waals surface area contributed by atoms with Crippen LogP contribution in [0.2, 0.25) is 0 Å². The quantitative estimate of drug-likeness (QED) is 0.636. The van der Waals surface area contributed by atoms with E-state index in [1.807, 2.05) is 0 Å². The first-order valence-electron chi connectivity index (χ1n) is 5.63. The zero-order valence-corrected chi connectivity index (χ0v) is 10.7. The van der Waals surface area contributed by atoms with E-state index in [1.165, 1.54) is 31.2 Å². The molecule has 0 aliphatic rings. The van der Waals surface area contributed by atoms with Crippen molar-refractivity contribution in [2.24, 2.45) is 0 Å². The highest BCUT2D eigenvalue weighted by Gasteiger charge is 2.16. The van der Waals surface area contributed by atoms with Crippen molar-refractivity contribution in [3.05, 3.63) is 39.9 Å². The second kappa shape index (κ2) is 5.77. The molecule has 0 saturated carbocycles. The fourth-order valence-corrected chi connectivity index (χ4v) is 1.43. The minimum atomic E-state index is -0.577. The Morgan fingerprint density at radius 1 is 1.14 bits per heavy atom. The average molecular weight is 291 g/mol. The molecule has 2 N–H and O–H groups in total. The molecule has 10 heteroatoms. The molecule has 1 aromatic carbocycles. The molecule has 0 spiro atoms. The molecular formula is C11H9N5O5. The van der Waals surface area contributed by atoms with E-state index >= 15 is 0 Å². The van der Waals surface area contributed by atoms with Crippen LogP contribution in [-0.2, 0) is 4.79 Å². The van der Waals surface area contributed by atoms with Gasteiger partial charge in [0.2, 0.25) is 17.5 Å². The monoisotopic (exact) mass is 291 g/mol. The van der Waals surface area contributed by atoms with Gasteiger partial charge in [0.1, 0.15) is 0 Å². The van der Waals surface area contributed by atoms with E-state index in [9.17, 15) is 19.7 Å². The number of hydrogen-bond donors (Lipinski definition) is 2. The third-order valence-electron chi connectivity index (χ3n) is 2.36. The van der Waals surface area contributed by atoms with Gasteiger partial charge in [-0.05, 0) is 22.4 Å². The molecule has 0 unspecified atom stereocenters. The number of aromatic nitrogens is 2. The van der Waals surface area contributed by atoms with Crippen LogP contribution in [0.3, 0.4) is 0 Å². The molecule has 0 aliphatic carbocycles. The number of benzene rings is 1. The summed E-state index contributed by atoms with van der Waals surface area (Å²) in [6.07, 6.45) is 0. The number of rotatable bonds is 4. The topological polar surface area (TPSA) is 140 Å². The van der Waals surface area contributed by atoms with E-state index in [0.29, 0.717) is 0 Å². The van der Waals surface area contributed by atoms with Crippen molar-refractivity contribution in [1.82, 2.24) is 10.3 Å². The Labute approximate surface area is 117 Å². The molecule has 2 amide bonds. The Morgan fingerprint density at radius 2 is 1.71 bits per heavy atom. The van der Waals surface area contributed by atoms with Gasteiger partial charge in [-0.1, -0.05) is 0 Å². The molecule has 10 nitrogen and oxygen atoms in total. The molecule has 21 heavy (non-hydrogen) atoms. The summed E-state index contributed by atoms with van der Waals surface area (Å²) in [5.74, 6) is -1.07. The lowest BCUT2D eigenvalue weighted by atomic mass is 10.2. The third kappa shape index (κ3) is 3.37. The lowest BCUT2D eigenvalue weighted by Crippen LogP contribution is -2.15. The van der Waals surface area contributed by atoms with Crippen molar-refractivity contribution >= 4 is 29.1 Å². The van der Waals surface area contributed by atoms with Gasteiger partial charge in [-0.25, -0.2) is 4.63 Å². The first-order valence-corrected chi connectivity index (χ1v) is 5.63. The number of anilines is 2. The molecule has 0 bridgehead atoms. The van der Waals surface area contributed by atoms with Crippen molar-refractivity contribution in [2.75, 3.05) is 10.6 Å². The summed E-state index contributed by atoms with van der Waals surface area (Å²) in [5.41, 5.74) is 0.0472. The van der Waals surface area contributed by atoms with Gasteiger partial charge in [-0.3, -0.25) is 19.7 Å². The molecule has 0 atom stereocenters. The highest BCUT2D eigenvalue weighted by Crippen LogP contribution is 2.18. The molecular weight excluding hydrogens is 282 g/mol. The van der Waals surface area contributed by atoms with E-state index in [4.69, 9.17) is 0 Å². The molecule has 1 heterocycles. The first-order chi connectivity index (χ1) is 9.97. The van der Waals surface area contributed by atoms with Gasteiger partial charge in [0.05, 0.1) is 4.92 Å². The Kier molecular flexibility index (Phi) is 3.88. The van der Waals surface area contributed by atoms with Crippen LogP contribution in [0.5, 0.6) is 0 Å². The van der Waals surface area contributed by atoms with E-state index < -0.39 is 16.7 Å². The maximum Gasteiger partial charge on any atom is 0.269 e. The van der Waals surface area contributed by atoms with Crippen molar-refractivity contribution in [3.8, 4) is 0 Å². The normalized spacial score (nSPS) is 9.95. The fourth-order valence-electron chi connectivity index (χ4n) is 1.43. The predicted octanol–water partition coefficient (Wildman–Crippen LogP) is 1.19. The number of carbonyl (C=O) groups is 2. The Bertz CT molecular complexity index is 693. The third-order valence-corrected chi connectivity index (χ3v) is 2.36. The molecule has 0 radical (unpaired) electrons. The molecule has 108 valence electrons. The summed E-state index contributed by atoms with van der Waals surface area (Å²) < 4.78 is 4.42. The number of carbonyl (C=O) groups excluding carboxylic acids is 2. The van der Waals surface area contributed by atoms with Gasteiger partial charge in [-0.2, -0.15) is 0 Å². The van der Waals surface area contributed by atoms with Crippen molar-refractivity contribution in [1.29, 1.82) is 0 Å². The summed E-state index contributed by atoms with van der Waals surface area (Å²) in [6.45, 7) is 1.26. The minimum absolute atomic E-state index is 0.0299. The fraction of sp³-hybridized carbons (Fsp3) is 0.0909. The smallest absolute Gasteiger partial charge is 0.269 e. The zero-order valence-electron chi connectivity index (χ0n) is 10.7. The van der Waals surface area contributed by atoms with E-state index in [0.717, 1.165) is 0 Å². The number of nitro groups is 1. The van der Waals surface area contributed by atoms with Crippen LogP contribution < -0.4 is 10.6 Å². The summed E-state index contributed by atoms with van der Waals surface area (Å²) in [7, 11) is 0. The van der Waals surface area contributed by atoms with Crippen LogP contribution in [0.1, 0.15) is 17.3 Å². The van der Waals surface area contributed by atoms with Gasteiger partial charge in [0.25, 0.3) is 11.6 Å². The zero-order chi connectivity index (χ0) is 15.4. The lowest BCUT2D eigenvalue weighted by molar-refractivity contribution is -0.384. The number of non-ortho nitro benzene ring substituents is 1. The van der Waals surface area contributed by atoms with Crippen molar-refractivity contribution < 1.29 is 19.1 Å².